The van der Waals surface area contributed by atoms with Gasteiger partial charge in [-0.15, -0.1) is 0 Å². The van der Waals surface area contributed by atoms with Crippen molar-refractivity contribution in [1.82, 2.24) is 5.43 Å². The average molecular weight is 238 g/mol. The van der Waals surface area contributed by atoms with E-state index < -0.39 is 11.7 Å². The molecule has 17 heavy (non-hydrogen) atoms. The summed E-state index contributed by atoms with van der Waals surface area (Å²) in [6.07, 6.45) is 2.13. The molecule has 5 heteroatoms. The summed E-state index contributed by atoms with van der Waals surface area (Å²) in [5.74, 6) is 0. The van der Waals surface area contributed by atoms with Crippen LogP contribution >= 0.6 is 0 Å². The van der Waals surface area contributed by atoms with Gasteiger partial charge in [-0.25, -0.2) is 0 Å². The van der Waals surface area contributed by atoms with Crippen molar-refractivity contribution in [2.45, 2.75) is 6.18 Å². The van der Waals surface area contributed by atoms with Gasteiger partial charge in [-0.2, -0.15) is 18.3 Å². The SMILES string of the molecule is FC(F)(F)c1cccc(C2=CC=CNN=C2)c1. The van der Waals surface area contributed by atoms with Gasteiger partial charge in [0.15, 0.2) is 0 Å². The number of rotatable bonds is 1. The molecule has 0 unspecified atom stereocenters. The molecule has 1 aliphatic rings. The molecule has 0 spiro atoms. The van der Waals surface area contributed by atoms with Gasteiger partial charge >= 0.3 is 6.18 Å². The second kappa shape index (κ2) is 4.45. The maximum Gasteiger partial charge on any atom is 0.416 e. The Morgan fingerprint density at radius 3 is 2.76 bits per heavy atom. The molecule has 1 aromatic carbocycles. The molecule has 0 saturated carbocycles. The Balaban J connectivity index is 2.40. The van der Waals surface area contributed by atoms with Crippen molar-refractivity contribution in [2.24, 2.45) is 5.10 Å². The molecule has 0 bridgehead atoms. The second-order valence-corrected chi connectivity index (χ2v) is 3.45. The van der Waals surface area contributed by atoms with Gasteiger partial charge in [-0.1, -0.05) is 18.2 Å². The minimum Gasteiger partial charge on any atom is -0.286 e. The lowest BCUT2D eigenvalue weighted by atomic mass is 10.0. The monoisotopic (exact) mass is 238 g/mol. The van der Waals surface area contributed by atoms with Gasteiger partial charge in [-0.3, -0.25) is 5.43 Å². The predicted octanol–water partition coefficient (Wildman–Crippen LogP) is 3.19. The summed E-state index contributed by atoms with van der Waals surface area (Å²) in [5.41, 5.74) is 3.05. The molecule has 0 aromatic heterocycles. The Morgan fingerprint density at radius 1 is 1.18 bits per heavy atom. The van der Waals surface area contributed by atoms with E-state index in [4.69, 9.17) is 0 Å². The highest BCUT2D eigenvalue weighted by Crippen LogP contribution is 2.30. The fourth-order valence-electron chi connectivity index (χ4n) is 1.43. The summed E-state index contributed by atoms with van der Waals surface area (Å²) in [6.45, 7) is 0. The lowest BCUT2D eigenvalue weighted by Gasteiger charge is -2.08. The number of hydrazone groups is 1. The molecule has 0 atom stereocenters. The van der Waals surface area contributed by atoms with Crippen LogP contribution in [0, 0.1) is 0 Å². The predicted molar refractivity (Wildman–Crippen MR) is 60.2 cm³/mol. The van der Waals surface area contributed by atoms with Crippen LogP contribution < -0.4 is 5.43 Å². The molecule has 0 amide bonds. The summed E-state index contributed by atoms with van der Waals surface area (Å²) in [6, 6.07) is 5.16. The van der Waals surface area contributed by atoms with Crippen LogP contribution in [0.2, 0.25) is 0 Å². The topological polar surface area (TPSA) is 24.4 Å². The first-order valence-corrected chi connectivity index (χ1v) is 4.90. The van der Waals surface area contributed by atoms with Crippen LogP contribution in [-0.4, -0.2) is 6.21 Å². The van der Waals surface area contributed by atoms with E-state index in [1.165, 1.54) is 12.3 Å². The van der Waals surface area contributed by atoms with Gasteiger partial charge in [-0.05, 0) is 23.8 Å². The van der Waals surface area contributed by atoms with E-state index in [0.29, 0.717) is 11.1 Å². The third-order valence-electron chi connectivity index (χ3n) is 2.25. The van der Waals surface area contributed by atoms with Crippen LogP contribution in [0.1, 0.15) is 11.1 Å². The van der Waals surface area contributed by atoms with Crippen LogP contribution in [0.15, 0.2) is 47.7 Å². The molecule has 1 aromatic rings. The van der Waals surface area contributed by atoms with E-state index in [1.807, 2.05) is 0 Å². The van der Waals surface area contributed by atoms with Crippen molar-refractivity contribution in [3.05, 3.63) is 53.7 Å². The van der Waals surface area contributed by atoms with Crippen LogP contribution in [0.25, 0.3) is 5.57 Å². The Morgan fingerprint density at radius 2 is 2.00 bits per heavy atom. The van der Waals surface area contributed by atoms with Crippen molar-refractivity contribution in [3.63, 3.8) is 0 Å². The molecule has 2 nitrogen and oxygen atoms in total. The highest BCUT2D eigenvalue weighted by atomic mass is 19.4. The Kier molecular flexibility index (Phi) is 2.99. The van der Waals surface area contributed by atoms with Crippen molar-refractivity contribution in [2.75, 3.05) is 0 Å². The quantitative estimate of drug-likeness (QED) is 0.798. The number of allylic oxidation sites excluding steroid dienone is 3. The highest BCUT2D eigenvalue weighted by molar-refractivity contribution is 6.10. The molecule has 0 fully saturated rings. The number of halogens is 3. The molecule has 1 aliphatic heterocycles. The summed E-state index contributed by atoms with van der Waals surface area (Å²) >= 11 is 0. The fourth-order valence-corrected chi connectivity index (χ4v) is 1.43. The van der Waals surface area contributed by atoms with Crippen LogP contribution in [0.4, 0.5) is 13.2 Å². The average Bonchev–Trinajstić information content (AvgIpc) is 2.56. The highest BCUT2D eigenvalue weighted by Gasteiger charge is 2.30. The van der Waals surface area contributed by atoms with E-state index in [9.17, 15) is 13.2 Å². The summed E-state index contributed by atoms with van der Waals surface area (Å²) in [4.78, 5) is 0. The Bertz CT molecular complexity index is 499. The lowest BCUT2D eigenvalue weighted by molar-refractivity contribution is -0.137. The zero-order valence-corrected chi connectivity index (χ0v) is 8.70. The van der Waals surface area contributed by atoms with Gasteiger partial charge in [0.05, 0.1) is 11.8 Å². The normalized spacial score (nSPS) is 15.1. The van der Waals surface area contributed by atoms with Gasteiger partial charge in [0, 0.05) is 11.8 Å². The Hall–Kier alpha value is -2.04. The molecule has 0 aliphatic carbocycles. The van der Waals surface area contributed by atoms with Crippen molar-refractivity contribution >= 4 is 11.8 Å². The summed E-state index contributed by atoms with van der Waals surface area (Å²) in [7, 11) is 0. The van der Waals surface area contributed by atoms with Gasteiger partial charge < -0.3 is 0 Å². The molecule has 2 rings (SSSR count). The zero-order valence-electron chi connectivity index (χ0n) is 8.70. The largest absolute Gasteiger partial charge is 0.416 e. The third-order valence-corrected chi connectivity index (χ3v) is 2.25. The van der Waals surface area contributed by atoms with Crippen molar-refractivity contribution in [1.29, 1.82) is 0 Å². The first-order valence-electron chi connectivity index (χ1n) is 4.90. The minimum atomic E-state index is -4.33. The summed E-state index contributed by atoms with van der Waals surface area (Å²) in [5, 5.41) is 3.81. The third kappa shape index (κ3) is 2.75. The molecular formula is C12H9F3N2. The van der Waals surface area contributed by atoms with Gasteiger partial charge in [0.1, 0.15) is 0 Å². The lowest BCUT2D eigenvalue weighted by Crippen LogP contribution is -2.05. The molecule has 0 radical (unpaired) electrons. The van der Waals surface area contributed by atoms with Gasteiger partial charge in [0.2, 0.25) is 0 Å². The first kappa shape index (κ1) is 11.4. The second-order valence-electron chi connectivity index (χ2n) is 3.45. The molecule has 0 saturated heterocycles. The minimum absolute atomic E-state index is 0.483. The van der Waals surface area contributed by atoms with Crippen LogP contribution in [0.3, 0.4) is 0 Å². The number of nitrogens with one attached hydrogen (secondary N) is 1. The van der Waals surface area contributed by atoms with E-state index in [0.717, 1.165) is 12.1 Å². The molecule has 1 heterocycles. The molecule has 88 valence electrons. The van der Waals surface area contributed by atoms with Crippen molar-refractivity contribution < 1.29 is 13.2 Å². The number of alkyl halides is 3. The summed E-state index contributed by atoms with van der Waals surface area (Å²) < 4.78 is 37.6. The maximum atomic E-state index is 12.5. The van der Waals surface area contributed by atoms with E-state index in [2.05, 4.69) is 10.5 Å². The molecular weight excluding hydrogens is 229 g/mol. The smallest absolute Gasteiger partial charge is 0.286 e. The first-order chi connectivity index (χ1) is 8.07. The van der Waals surface area contributed by atoms with E-state index in [-0.39, 0.29) is 0 Å². The van der Waals surface area contributed by atoms with E-state index >= 15 is 0 Å². The zero-order chi connectivity index (χ0) is 12.3. The van der Waals surface area contributed by atoms with Crippen LogP contribution in [0.5, 0.6) is 0 Å². The van der Waals surface area contributed by atoms with E-state index in [1.54, 1.807) is 24.4 Å². The fraction of sp³-hybridized carbons (Fsp3) is 0.0833. The number of hydrogen-bond acceptors (Lipinski definition) is 2. The Labute approximate surface area is 96.1 Å². The van der Waals surface area contributed by atoms with Crippen LogP contribution in [-0.2, 0) is 6.18 Å². The number of nitrogens with zero attached hydrogens (tertiary/aromatic N) is 1. The number of hydrogen-bond donors (Lipinski definition) is 1. The van der Waals surface area contributed by atoms with Crippen molar-refractivity contribution in [3.8, 4) is 0 Å². The van der Waals surface area contributed by atoms with Gasteiger partial charge in [0.25, 0.3) is 0 Å². The maximum absolute atomic E-state index is 12.5. The number of benzene rings is 1. The standard InChI is InChI=1S/C12H9F3N2/c13-12(14,15)11-5-1-3-9(7-11)10-4-2-6-16-17-8-10/h1-8,16H. The molecule has 1 N–H and O–H groups in total.